The van der Waals surface area contributed by atoms with Gasteiger partial charge in [-0.05, 0) is 12.1 Å². The highest BCUT2D eigenvalue weighted by Gasteiger charge is 1.94. The number of ether oxygens (including phenoxy) is 1. The number of anilines is 1. The largest absolute Gasteiger partial charge is 0.501 e. The topological polar surface area (TPSA) is 45.0 Å². The Morgan fingerprint density at radius 2 is 2.15 bits per heavy atom. The van der Waals surface area contributed by atoms with Crippen LogP contribution in [0.2, 0.25) is 0 Å². The van der Waals surface area contributed by atoms with Crippen molar-refractivity contribution in [1.29, 1.82) is 5.26 Å². The van der Waals surface area contributed by atoms with Gasteiger partial charge in [0.1, 0.15) is 12.3 Å². The summed E-state index contributed by atoms with van der Waals surface area (Å²) in [7, 11) is 1.50. The average molecular weight is 174 g/mol. The van der Waals surface area contributed by atoms with Gasteiger partial charge < -0.3 is 10.1 Å². The molecule has 0 unspecified atom stereocenters. The minimum Gasteiger partial charge on any atom is -0.501 e. The van der Waals surface area contributed by atoms with Crippen LogP contribution >= 0.6 is 0 Å². The van der Waals surface area contributed by atoms with Crippen LogP contribution in [0.5, 0.6) is 0 Å². The Hall–Kier alpha value is -1.95. The zero-order valence-corrected chi connectivity index (χ0v) is 7.32. The number of hydrogen-bond donors (Lipinski definition) is 1. The molecule has 1 aromatic rings. The number of nitrogens with zero attached hydrogens (tertiary/aromatic N) is 1. The molecule has 0 atom stereocenters. The van der Waals surface area contributed by atoms with Crippen LogP contribution in [-0.4, -0.2) is 7.11 Å². The van der Waals surface area contributed by atoms with Gasteiger partial charge in [-0.2, -0.15) is 5.26 Å². The van der Waals surface area contributed by atoms with Crippen molar-refractivity contribution in [2.45, 2.75) is 0 Å². The van der Waals surface area contributed by atoms with Gasteiger partial charge in [0.05, 0.1) is 7.11 Å². The summed E-state index contributed by atoms with van der Waals surface area (Å²) in [5.74, 6) is 0. The van der Waals surface area contributed by atoms with Crippen molar-refractivity contribution in [3.63, 3.8) is 0 Å². The maximum Gasteiger partial charge on any atom is 0.152 e. The van der Waals surface area contributed by atoms with E-state index in [1.165, 1.54) is 13.4 Å². The van der Waals surface area contributed by atoms with Gasteiger partial charge >= 0.3 is 0 Å². The minimum absolute atomic E-state index is 0.383. The molecule has 0 heterocycles. The first-order valence-corrected chi connectivity index (χ1v) is 3.82. The van der Waals surface area contributed by atoms with E-state index in [4.69, 9.17) is 10.00 Å². The predicted molar refractivity (Wildman–Crippen MR) is 50.8 cm³/mol. The summed E-state index contributed by atoms with van der Waals surface area (Å²) in [6, 6.07) is 11.4. The first-order chi connectivity index (χ1) is 6.36. The van der Waals surface area contributed by atoms with Gasteiger partial charge in [-0.25, -0.2) is 0 Å². The Kier molecular flexibility index (Phi) is 3.40. The third-order valence-corrected chi connectivity index (χ3v) is 1.41. The fourth-order valence-corrected chi connectivity index (χ4v) is 0.879. The molecule has 1 rings (SSSR count). The monoisotopic (exact) mass is 174 g/mol. The Balaban J connectivity index is 2.69. The summed E-state index contributed by atoms with van der Waals surface area (Å²) >= 11 is 0. The Morgan fingerprint density at radius 3 is 2.69 bits per heavy atom. The Labute approximate surface area is 77.3 Å². The quantitative estimate of drug-likeness (QED) is 0.563. The molecular formula is C10H10N2O. The molecule has 0 spiro atoms. The molecule has 0 saturated heterocycles. The van der Waals surface area contributed by atoms with E-state index in [2.05, 4.69) is 5.32 Å². The van der Waals surface area contributed by atoms with Gasteiger partial charge in [0.15, 0.2) is 5.70 Å². The van der Waals surface area contributed by atoms with Crippen LogP contribution in [0.25, 0.3) is 0 Å². The van der Waals surface area contributed by atoms with E-state index in [9.17, 15) is 0 Å². The molecule has 0 aliphatic carbocycles. The van der Waals surface area contributed by atoms with Gasteiger partial charge in [-0.1, -0.05) is 18.2 Å². The highest BCUT2D eigenvalue weighted by Crippen LogP contribution is 2.07. The van der Waals surface area contributed by atoms with Crippen molar-refractivity contribution in [3.05, 3.63) is 42.3 Å². The van der Waals surface area contributed by atoms with E-state index in [1.807, 2.05) is 36.4 Å². The highest BCUT2D eigenvalue weighted by molar-refractivity contribution is 5.50. The van der Waals surface area contributed by atoms with Gasteiger partial charge in [-0.3, -0.25) is 0 Å². The number of nitrogens with one attached hydrogen (secondary N) is 1. The third kappa shape index (κ3) is 2.88. The standard InChI is InChI=1S/C10H10N2O/c1-13-8-10(7-11)12-9-5-3-2-4-6-9/h2-6,8,12H,1H3. The molecule has 3 nitrogen and oxygen atoms in total. The maximum absolute atomic E-state index is 8.66. The summed E-state index contributed by atoms with van der Waals surface area (Å²) in [6.07, 6.45) is 1.37. The van der Waals surface area contributed by atoms with E-state index >= 15 is 0 Å². The van der Waals surface area contributed by atoms with Crippen molar-refractivity contribution in [2.75, 3.05) is 12.4 Å². The lowest BCUT2D eigenvalue weighted by Crippen LogP contribution is -1.96. The fraction of sp³-hybridized carbons (Fsp3) is 0.100. The molecule has 0 aliphatic rings. The molecule has 13 heavy (non-hydrogen) atoms. The van der Waals surface area contributed by atoms with Crippen LogP contribution < -0.4 is 5.32 Å². The van der Waals surface area contributed by atoms with Crippen molar-refractivity contribution in [2.24, 2.45) is 0 Å². The molecule has 1 N–H and O–H groups in total. The molecule has 0 amide bonds. The number of nitriles is 1. The van der Waals surface area contributed by atoms with Crippen molar-refractivity contribution < 1.29 is 4.74 Å². The van der Waals surface area contributed by atoms with Gasteiger partial charge in [-0.15, -0.1) is 0 Å². The van der Waals surface area contributed by atoms with Gasteiger partial charge in [0.2, 0.25) is 0 Å². The van der Waals surface area contributed by atoms with E-state index in [0.717, 1.165) is 5.69 Å². The van der Waals surface area contributed by atoms with E-state index in [1.54, 1.807) is 0 Å². The highest BCUT2D eigenvalue weighted by atomic mass is 16.5. The Morgan fingerprint density at radius 1 is 1.46 bits per heavy atom. The van der Waals surface area contributed by atoms with Crippen LogP contribution in [0.4, 0.5) is 5.69 Å². The zero-order chi connectivity index (χ0) is 9.52. The maximum atomic E-state index is 8.66. The van der Waals surface area contributed by atoms with Crippen LogP contribution in [0, 0.1) is 11.3 Å². The molecule has 0 saturated carbocycles. The number of benzene rings is 1. The lowest BCUT2D eigenvalue weighted by Gasteiger charge is -2.02. The molecule has 0 radical (unpaired) electrons. The first kappa shape index (κ1) is 9.14. The van der Waals surface area contributed by atoms with Crippen molar-refractivity contribution in [1.82, 2.24) is 0 Å². The van der Waals surface area contributed by atoms with Crippen LogP contribution in [0.1, 0.15) is 0 Å². The van der Waals surface area contributed by atoms with Gasteiger partial charge in [0.25, 0.3) is 0 Å². The van der Waals surface area contributed by atoms with Crippen molar-refractivity contribution in [3.8, 4) is 6.07 Å². The lowest BCUT2D eigenvalue weighted by atomic mass is 10.3. The summed E-state index contributed by atoms with van der Waals surface area (Å²) in [6.45, 7) is 0. The molecule has 0 fully saturated rings. The first-order valence-electron chi connectivity index (χ1n) is 3.82. The molecule has 3 heteroatoms. The van der Waals surface area contributed by atoms with Gasteiger partial charge in [0, 0.05) is 5.69 Å². The van der Waals surface area contributed by atoms with Crippen LogP contribution in [0.15, 0.2) is 42.3 Å². The second kappa shape index (κ2) is 4.83. The van der Waals surface area contributed by atoms with Crippen molar-refractivity contribution >= 4 is 5.69 Å². The zero-order valence-electron chi connectivity index (χ0n) is 7.32. The third-order valence-electron chi connectivity index (χ3n) is 1.41. The summed E-state index contributed by atoms with van der Waals surface area (Å²) < 4.78 is 4.72. The summed E-state index contributed by atoms with van der Waals surface area (Å²) in [5, 5.41) is 11.6. The number of hydrogen-bond acceptors (Lipinski definition) is 3. The lowest BCUT2D eigenvalue weighted by molar-refractivity contribution is 0.335. The second-order valence-electron chi connectivity index (χ2n) is 2.37. The van der Waals surface area contributed by atoms with E-state index < -0.39 is 0 Å². The number of rotatable bonds is 3. The predicted octanol–water partition coefficient (Wildman–Crippen LogP) is 2.11. The number of methoxy groups -OCH3 is 1. The normalized spacial score (nSPS) is 10.3. The molecule has 0 aromatic heterocycles. The summed E-state index contributed by atoms with van der Waals surface area (Å²) in [4.78, 5) is 0. The van der Waals surface area contributed by atoms with E-state index in [0.29, 0.717) is 5.70 Å². The number of para-hydroxylation sites is 1. The molecule has 1 aromatic carbocycles. The van der Waals surface area contributed by atoms with Crippen LogP contribution in [0.3, 0.4) is 0 Å². The molecule has 0 aliphatic heterocycles. The minimum atomic E-state index is 0.383. The average Bonchev–Trinajstić information content (AvgIpc) is 2.19. The molecule has 66 valence electrons. The smallest absolute Gasteiger partial charge is 0.152 e. The Bertz CT molecular complexity index is 325. The second-order valence-corrected chi connectivity index (χ2v) is 2.37. The SMILES string of the molecule is COC=C(C#N)Nc1ccccc1. The van der Waals surface area contributed by atoms with Crippen LogP contribution in [-0.2, 0) is 4.74 Å². The fourth-order valence-electron chi connectivity index (χ4n) is 0.879. The summed E-state index contributed by atoms with van der Waals surface area (Å²) in [5.41, 5.74) is 1.25. The number of allylic oxidation sites excluding steroid dienone is 1. The molecular weight excluding hydrogens is 164 g/mol. The molecule has 0 bridgehead atoms. The van der Waals surface area contributed by atoms with E-state index in [-0.39, 0.29) is 0 Å².